The number of carbonyl (C=O) groups is 1. The summed E-state index contributed by atoms with van der Waals surface area (Å²) < 4.78 is 0.803. The molecular formula is C12H17ClN2OS. The maximum atomic E-state index is 11.4. The van der Waals surface area contributed by atoms with E-state index in [9.17, 15) is 4.79 Å². The minimum absolute atomic E-state index is 0.0771. The van der Waals surface area contributed by atoms with E-state index in [2.05, 4.69) is 10.6 Å². The van der Waals surface area contributed by atoms with Crippen molar-refractivity contribution in [2.24, 2.45) is 5.92 Å². The predicted molar refractivity (Wildman–Crippen MR) is 71.6 cm³/mol. The van der Waals surface area contributed by atoms with E-state index < -0.39 is 0 Å². The zero-order valence-electron chi connectivity index (χ0n) is 9.67. The maximum absolute atomic E-state index is 11.4. The van der Waals surface area contributed by atoms with Crippen molar-refractivity contribution in [3.05, 3.63) is 21.3 Å². The molecule has 0 radical (unpaired) electrons. The van der Waals surface area contributed by atoms with Gasteiger partial charge in [-0.1, -0.05) is 11.6 Å². The average molecular weight is 273 g/mol. The largest absolute Gasteiger partial charge is 0.355 e. The Morgan fingerprint density at radius 3 is 2.94 bits per heavy atom. The highest BCUT2D eigenvalue weighted by Crippen LogP contribution is 2.27. The lowest BCUT2D eigenvalue weighted by Gasteiger charge is -2.05. The van der Waals surface area contributed by atoms with Crippen molar-refractivity contribution >= 4 is 28.8 Å². The minimum atomic E-state index is 0.0771. The Morgan fingerprint density at radius 2 is 2.29 bits per heavy atom. The lowest BCUT2D eigenvalue weighted by molar-refractivity contribution is -0.120. The molecule has 2 rings (SSSR count). The van der Waals surface area contributed by atoms with Gasteiger partial charge in [0.25, 0.3) is 0 Å². The molecule has 1 fully saturated rings. The van der Waals surface area contributed by atoms with Crippen molar-refractivity contribution in [3.8, 4) is 0 Å². The molecule has 0 spiro atoms. The first-order chi connectivity index (χ1) is 8.24. The molecule has 0 unspecified atom stereocenters. The van der Waals surface area contributed by atoms with E-state index in [0.717, 1.165) is 23.2 Å². The summed E-state index contributed by atoms with van der Waals surface area (Å²) in [6.07, 6.45) is 3.48. The second-order valence-corrected chi connectivity index (χ2v) is 6.18. The first-order valence-corrected chi connectivity index (χ1v) is 7.15. The van der Waals surface area contributed by atoms with E-state index in [4.69, 9.17) is 11.6 Å². The van der Waals surface area contributed by atoms with Crippen molar-refractivity contribution in [1.82, 2.24) is 10.6 Å². The molecule has 1 aliphatic rings. The van der Waals surface area contributed by atoms with E-state index in [1.165, 1.54) is 17.7 Å². The third kappa shape index (κ3) is 5.06. The molecule has 1 heterocycles. The summed E-state index contributed by atoms with van der Waals surface area (Å²) >= 11 is 7.40. The second-order valence-electron chi connectivity index (χ2n) is 4.38. The second kappa shape index (κ2) is 6.38. The van der Waals surface area contributed by atoms with Gasteiger partial charge in [-0.15, -0.1) is 11.3 Å². The Morgan fingerprint density at radius 1 is 1.47 bits per heavy atom. The third-order valence-corrected chi connectivity index (χ3v) is 4.03. The molecule has 1 amide bonds. The number of hydrogen-bond acceptors (Lipinski definition) is 3. The SMILES string of the molecule is O=C(CNCC1CC1)NCCc1ccc(Cl)s1. The number of halogens is 1. The van der Waals surface area contributed by atoms with Gasteiger partial charge in [0.1, 0.15) is 0 Å². The van der Waals surface area contributed by atoms with Crippen molar-refractivity contribution < 1.29 is 4.79 Å². The number of amides is 1. The molecule has 1 aromatic heterocycles. The highest BCUT2D eigenvalue weighted by molar-refractivity contribution is 7.16. The van der Waals surface area contributed by atoms with Crippen LogP contribution in [0.3, 0.4) is 0 Å². The molecule has 0 atom stereocenters. The number of rotatable bonds is 7. The van der Waals surface area contributed by atoms with Gasteiger partial charge in [-0.2, -0.15) is 0 Å². The van der Waals surface area contributed by atoms with Crippen molar-refractivity contribution in [2.45, 2.75) is 19.3 Å². The van der Waals surface area contributed by atoms with Crippen molar-refractivity contribution in [2.75, 3.05) is 19.6 Å². The number of thiophene rings is 1. The van der Waals surface area contributed by atoms with E-state index in [1.807, 2.05) is 12.1 Å². The average Bonchev–Trinajstić information content (AvgIpc) is 3.02. The van der Waals surface area contributed by atoms with Gasteiger partial charge in [0, 0.05) is 11.4 Å². The number of hydrogen-bond donors (Lipinski definition) is 2. The summed E-state index contributed by atoms with van der Waals surface area (Å²) in [7, 11) is 0. The predicted octanol–water partition coefficient (Wildman–Crippen LogP) is 2.06. The van der Waals surface area contributed by atoms with Crippen LogP contribution in [0.4, 0.5) is 0 Å². The molecule has 1 aromatic rings. The van der Waals surface area contributed by atoms with Gasteiger partial charge < -0.3 is 10.6 Å². The molecule has 2 N–H and O–H groups in total. The van der Waals surface area contributed by atoms with Gasteiger partial charge in [-0.25, -0.2) is 0 Å². The van der Waals surface area contributed by atoms with Crippen LogP contribution in [0.1, 0.15) is 17.7 Å². The topological polar surface area (TPSA) is 41.1 Å². The summed E-state index contributed by atoms with van der Waals surface area (Å²) in [4.78, 5) is 12.7. The molecule has 0 aromatic carbocycles. The van der Waals surface area contributed by atoms with Crippen LogP contribution >= 0.6 is 22.9 Å². The molecule has 0 aliphatic heterocycles. The van der Waals surface area contributed by atoms with Gasteiger partial charge >= 0.3 is 0 Å². The highest BCUT2D eigenvalue weighted by Gasteiger charge is 2.20. The Bertz CT molecular complexity index is 376. The van der Waals surface area contributed by atoms with E-state index in [1.54, 1.807) is 11.3 Å². The molecule has 94 valence electrons. The summed E-state index contributed by atoms with van der Waals surface area (Å²) in [5.41, 5.74) is 0. The monoisotopic (exact) mass is 272 g/mol. The van der Waals surface area contributed by atoms with Gasteiger partial charge in [0.2, 0.25) is 5.91 Å². The summed E-state index contributed by atoms with van der Waals surface area (Å²) in [6, 6.07) is 3.89. The molecule has 17 heavy (non-hydrogen) atoms. The van der Waals surface area contributed by atoms with Gasteiger partial charge in [-0.05, 0) is 43.9 Å². The van der Waals surface area contributed by atoms with E-state index in [0.29, 0.717) is 13.1 Å². The van der Waals surface area contributed by atoms with Crippen LogP contribution in [-0.2, 0) is 11.2 Å². The Hall–Kier alpha value is -0.580. The van der Waals surface area contributed by atoms with Crippen molar-refractivity contribution in [1.29, 1.82) is 0 Å². The van der Waals surface area contributed by atoms with Gasteiger partial charge in [-0.3, -0.25) is 4.79 Å². The minimum Gasteiger partial charge on any atom is -0.355 e. The zero-order chi connectivity index (χ0) is 12.1. The molecule has 3 nitrogen and oxygen atoms in total. The zero-order valence-corrected chi connectivity index (χ0v) is 11.2. The quantitative estimate of drug-likeness (QED) is 0.798. The molecule has 1 saturated carbocycles. The number of nitrogens with one attached hydrogen (secondary N) is 2. The molecule has 0 saturated heterocycles. The normalized spacial score (nSPS) is 14.9. The Kier molecular flexibility index (Phi) is 4.83. The molecular weight excluding hydrogens is 256 g/mol. The molecule has 1 aliphatic carbocycles. The molecule has 5 heteroatoms. The summed E-state index contributed by atoms with van der Waals surface area (Å²) in [5, 5.41) is 6.07. The van der Waals surface area contributed by atoms with Crippen LogP contribution < -0.4 is 10.6 Å². The summed E-state index contributed by atoms with van der Waals surface area (Å²) in [6.45, 7) is 2.09. The number of carbonyl (C=O) groups excluding carboxylic acids is 1. The van der Waals surface area contributed by atoms with Crippen LogP contribution in [0.25, 0.3) is 0 Å². The van der Waals surface area contributed by atoms with Crippen LogP contribution in [0.15, 0.2) is 12.1 Å². The first kappa shape index (κ1) is 12.9. The van der Waals surface area contributed by atoms with Crippen molar-refractivity contribution in [3.63, 3.8) is 0 Å². The Balaban J connectivity index is 1.53. The Labute approximate surface area is 111 Å². The maximum Gasteiger partial charge on any atom is 0.233 e. The fourth-order valence-corrected chi connectivity index (χ4v) is 2.67. The van der Waals surface area contributed by atoms with E-state index in [-0.39, 0.29) is 5.91 Å². The lowest BCUT2D eigenvalue weighted by atomic mass is 10.3. The van der Waals surface area contributed by atoms with Crippen LogP contribution in [0.5, 0.6) is 0 Å². The third-order valence-electron chi connectivity index (χ3n) is 2.74. The highest BCUT2D eigenvalue weighted by atomic mass is 35.5. The molecule has 0 bridgehead atoms. The van der Waals surface area contributed by atoms with Gasteiger partial charge in [0.15, 0.2) is 0 Å². The first-order valence-electron chi connectivity index (χ1n) is 5.95. The van der Waals surface area contributed by atoms with Crippen LogP contribution in [0.2, 0.25) is 4.34 Å². The summed E-state index contributed by atoms with van der Waals surface area (Å²) in [5.74, 6) is 0.893. The smallest absolute Gasteiger partial charge is 0.233 e. The van der Waals surface area contributed by atoms with Gasteiger partial charge in [0.05, 0.1) is 10.9 Å². The fourth-order valence-electron chi connectivity index (χ4n) is 1.59. The van der Waals surface area contributed by atoms with E-state index >= 15 is 0 Å². The lowest BCUT2D eigenvalue weighted by Crippen LogP contribution is -2.35. The van der Waals surface area contributed by atoms with Crippen LogP contribution in [0, 0.1) is 5.92 Å². The van der Waals surface area contributed by atoms with Crippen LogP contribution in [-0.4, -0.2) is 25.5 Å². The standard InChI is InChI=1S/C12H17ClN2OS/c13-11-4-3-10(17-11)5-6-15-12(16)8-14-7-9-1-2-9/h3-4,9,14H,1-2,5-8H2,(H,15,16). The fraction of sp³-hybridized carbons (Fsp3) is 0.583.